The average molecular weight is 179 g/mol. The molecule has 1 aromatic rings. The maximum Gasteiger partial charge on any atom is 0.171 e. The van der Waals surface area contributed by atoms with Crippen LogP contribution in [0, 0.1) is 0 Å². The molecule has 1 aliphatic rings. The number of fused-ring (bicyclic) bond motifs is 1. The Labute approximate surface area is 77.3 Å². The maximum atomic E-state index is 5.59. The highest BCUT2D eigenvalue weighted by atomic mass is 16.5. The zero-order valence-electron chi connectivity index (χ0n) is 7.66. The van der Waals surface area contributed by atoms with Gasteiger partial charge in [0, 0.05) is 25.4 Å². The second kappa shape index (κ2) is 3.22. The normalized spacial score (nSPS) is 15.1. The molecule has 0 fully saturated rings. The number of aromatic nitrogens is 1. The Morgan fingerprint density at radius 1 is 1.69 bits per heavy atom. The predicted octanol–water partition coefficient (Wildman–Crippen LogP) is 0.369. The van der Waals surface area contributed by atoms with Gasteiger partial charge in [0.1, 0.15) is 6.61 Å². The van der Waals surface area contributed by atoms with Gasteiger partial charge in [-0.1, -0.05) is 0 Å². The van der Waals surface area contributed by atoms with Crippen LogP contribution in [-0.4, -0.2) is 25.2 Å². The molecule has 4 heteroatoms. The van der Waals surface area contributed by atoms with Crippen LogP contribution in [0.4, 0.5) is 5.82 Å². The summed E-state index contributed by atoms with van der Waals surface area (Å²) in [7, 11) is 2.01. The van der Waals surface area contributed by atoms with E-state index in [1.807, 2.05) is 13.1 Å². The fourth-order valence-corrected chi connectivity index (χ4v) is 1.46. The van der Waals surface area contributed by atoms with Gasteiger partial charge >= 0.3 is 0 Å². The summed E-state index contributed by atoms with van der Waals surface area (Å²) in [4.78, 5) is 6.34. The maximum absolute atomic E-state index is 5.59. The molecule has 0 aromatic carbocycles. The van der Waals surface area contributed by atoms with E-state index in [0.717, 1.165) is 23.7 Å². The van der Waals surface area contributed by atoms with Gasteiger partial charge in [-0.3, -0.25) is 0 Å². The highest BCUT2D eigenvalue weighted by Gasteiger charge is 2.18. The molecular formula is C9H13N3O. The lowest BCUT2D eigenvalue weighted by molar-refractivity contribution is 0.305. The second-order valence-electron chi connectivity index (χ2n) is 3.10. The monoisotopic (exact) mass is 179 g/mol. The summed E-state index contributed by atoms with van der Waals surface area (Å²) in [6.07, 6.45) is 1.77. The van der Waals surface area contributed by atoms with Crippen LogP contribution in [-0.2, 0) is 6.54 Å². The van der Waals surface area contributed by atoms with Crippen molar-refractivity contribution in [1.29, 1.82) is 0 Å². The van der Waals surface area contributed by atoms with E-state index in [1.54, 1.807) is 6.20 Å². The van der Waals surface area contributed by atoms with Crippen molar-refractivity contribution >= 4 is 5.82 Å². The van der Waals surface area contributed by atoms with Gasteiger partial charge in [0.2, 0.25) is 0 Å². The largest absolute Gasteiger partial charge is 0.488 e. The van der Waals surface area contributed by atoms with Crippen molar-refractivity contribution in [2.45, 2.75) is 6.54 Å². The topological polar surface area (TPSA) is 51.4 Å². The molecule has 0 spiro atoms. The molecule has 4 nitrogen and oxygen atoms in total. The molecule has 0 bridgehead atoms. The van der Waals surface area contributed by atoms with Gasteiger partial charge in [-0.25, -0.2) is 4.98 Å². The van der Waals surface area contributed by atoms with Crippen molar-refractivity contribution in [2.24, 2.45) is 5.73 Å². The Kier molecular flexibility index (Phi) is 2.06. The molecule has 2 N–H and O–H groups in total. The lowest BCUT2D eigenvalue weighted by atomic mass is 10.2. The van der Waals surface area contributed by atoms with E-state index < -0.39 is 0 Å². The number of pyridine rings is 1. The first kappa shape index (κ1) is 8.31. The van der Waals surface area contributed by atoms with Crippen LogP contribution in [0.25, 0.3) is 0 Å². The van der Waals surface area contributed by atoms with Crippen LogP contribution in [0.2, 0.25) is 0 Å². The van der Waals surface area contributed by atoms with E-state index in [2.05, 4.69) is 9.88 Å². The fourth-order valence-electron chi connectivity index (χ4n) is 1.46. The van der Waals surface area contributed by atoms with Crippen molar-refractivity contribution in [3.63, 3.8) is 0 Å². The third-order valence-corrected chi connectivity index (χ3v) is 2.22. The first-order valence-electron chi connectivity index (χ1n) is 4.35. The zero-order chi connectivity index (χ0) is 9.26. The third-order valence-electron chi connectivity index (χ3n) is 2.22. The van der Waals surface area contributed by atoms with Gasteiger partial charge < -0.3 is 15.4 Å². The summed E-state index contributed by atoms with van der Waals surface area (Å²) < 4.78 is 5.53. The molecular weight excluding hydrogens is 166 g/mol. The van der Waals surface area contributed by atoms with Gasteiger partial charge in [-0.2, -0.15) is 0 Å². The SMILES string of the molecule is CN1CCOc2c(CN)ccnc21. The minimum Gasteiger partial charge on any atom is -0.488 e. The Hall–Kier alpha value is -1.29. The van der Waals surface area contributed by atoms with Crippen molar-refractivity contribution in [1.82, 2.24) is 4.98 Å². The number of nitrogens with zero attached hydrogens (tertiary/aromatic N) is 2. The van der Waals surface area contributed by atoms with Gasteiger partial charge in [-0.05, 0) is 6.07 Å². The van der Waals surface area contributed by atoms with Gasteiger partial charge in [0.05, 0.1) is 6.54 Å². The number of hydrogen-bond acceptors (Lipinski definition) is 4. The number of hydrogen-bond donors (Lipinski definition) is 1. The van der Waals surface area contributed by atoms with E-state index in [4.69, 9.17) is 10.5 Å². The molecule has 0 unspecified atom stereocenters. The van der Waals surface area contributed by atoms with Crippen LogP contribution in [0.1, 0.15) is 5.56 Å². The molecule has 0 saturated carbocycles. The first-order chi connectivity index (χ1) is 6.33. The summed E-state index contributed by atoms with van der Waals surface area (Å²) in [5.74, 6) is 1.74. The molecule has 0 radical (unpaired) electrons. The molecule has 0 aliphatic carbocycles. The molecule has 2 heterocycles. The molecule has 1 aromatic heterocycles. The van der Waals surface area contributed by atoms with Crippen molar-refractivity contribution < 1.29 is 4.74 Å². The Balaban J connectivity index is 2.48. The Morgan fingerprint density at radius 2 is 2.54 bits per heavy atom. The Bertz CT molecular complexity index is 314. The van der Waals surface area contributed by atoms with E-state index in [-0.39, 0.29) is 0 Å². The van der Waals surface area contributed by atoms with Crippen molar-refractivity contribution in [2.75, 3.05) is 25.1 Å². The van der Waals surface area contributed by atoms with Crippen LogP contribution >= 0.6 is 0 Å². The van der Waals surface area contributed by atoms with Crippen LogP contribution < -0.4 is 15.4 Å². The predicted molar refractivity (Wildman–Crippen MR) is 50.9 cm³/mol. The average Bonchev–Trinajstić information content (AvgIpc) is 2.18. The van der Waals surface area contributed by atoms with Crippen LogP contribution in [0.3, 0.4) is 0 Å². The van der Waals surface area contributed by atoms with E-state index in [0.29, 0.717) is 13.2 Å². The van der Waals surface area contributed by atoms with Crippen molar-refractivity contribution in [3.8, 4) is 5.75 Å². The minimum atomic E-state index is 0.499. The standard InChI is InChI=1S/C9H13N3O/c1-12-4-5-13-8-7(6-10)2-3-11-9(8)12/h2-3H,4-6,10H2,1H3. The van der Waals surface area contributed by atoms with Gasteiger partial charge in [0.25, 0.3) is 0 Å². The molecule has 0 amide bonds. The highest BCUT2D eigenvalue weighted by Crippen LogP contribution is 2.31. The number of ether oxygens (including phenoxy) is 1. The fraction of sp³-hybridized carbons (Fsp3) is 0.444. The Morgan fingerprint density at radius 3 is 3.31 bits per heavy atom. The summed E-state index contributed by atoms with van der Waals surface area (Å²) in [5.41, 5.74) is 6.62. The van der Waals surface area contributed by atoms with Gasteiger partial charge in [0.15, 0.2) is 11.6 Å². The number of rotatable bonds is 1. The molecule has 2 rings (SSSR count). The van der Waals surface area contributed by atoms with Gasteiger partial charge in [-0.15, -0.1) is 0 Å². The molecule has 1 aliphatic heterocycles. The lowest BCUT2D eigenvalue weighted by Crippen LogP contribution is -2.30. The van der Waals surface area contributed by atoms with Crippen LogP contribution in [0.15, 0.2) is 12.3 Å². The van der Waals surface area contributed by atoms with E-state index >= 15 is 0 Å². The summed E-state index contributed by atoms with van der Waals surface area (Å²) in [6, 6.07) is 1.90. The quantitative estimate of drug-likeness (QED) is 0.676. The highest BCUT2D eigenvalue weighted by molar-refractivity contribution is 5.57. The zero-order valence-corrected chi connectivity index (χ0v) is 7.66. The molecule has 0 atom stereocenters. The molecule has 70 valence electrons. The third kappa shape index (κ3) is 1.33. The lowest BCUT2D eigenvalue weighted by Gasteiger charge is -2.27. The first-order valence-corrected chi connectivity index (χ1v) is 4.35. The molecule has 13 heavy (non-hydrogen) atoms. The van der Waals surface area contributed by atoms with E-state index in [1.165, 1.54) is 0 Å². The second-order valence-corrected chi connectivity index (χ2v) is 3.10. The summed E-state index contributed by atoms with van der Waals surface area (Å²) >= 11 is 0. The summed E-state index contributed by atoms with van der Waals surface area (Å²) in [5, 5.41) is 0. The number of likely N-dealkylation sites (N-methyl/N-ethyl adjacent to an activating group) is 1. The van der Waals surface area contributed by atoms with Crippen LogP contribution in [0.5, 0.6) is 5.75 Å². The minimum absolute atomic E-state index is 0.499. The number of nitrogens with two attached hydrogens (primary N) is 1. The van der Waals surface area contributed by atoms with Crippen molar-refractivity contribution in [3.05, 3.63) is 17.8 Å². The molecule has 0 saturated heterocycles. The number of anilines is 1. The van der Waals surface area contributed by atoms with E-state index in [9.17, 15) is 0 Å². The summed E-state index contributed by atoms with van der Waals surface area (Å²) in [6.45, 7) is 2.09. The smallest absolute Gasteiger partial charge is 0.171 e.